The lowest BCUT2D eigenvalue weighted by atomic mass is 10.0. The zero-order valence-electron chi connectivity index (χ0n) is 18.0. The Balaban J connectivity index is 0.00000392. The van der Waals surface area contributed by atoms with Crippen molar-refractivity contribution >= 4 is 29.9 Å². The van der Waals surface area contributed by atoms with Gasteiger partial charge in [0.2, 0.25) is 0 Å². The van der Waals surface area contributed by atoms with E-state index < -0.39 is 0 Å². The van der Waals surface area contributed by atoms with Crippen LogP contribution in [0.4, 0.5) is 0 Å². The van der Waals surface area contributed by atoms with Crippen LogP contribution in [-0.2, 0) is 6.54 Å². The van der Waals surface area contributed by atoms with Crippen molar-refractivity contribution in [2.45, 2.75) is 59.2 Å². The topological polar surface area (TPSA) is 58.1 Å². The first kappa shape index (κ1) is 24.8. The van der Waals surface area contributed by atoms with Gasteiger partial charge in [-0.15, -0.1) is 24.0 Å². The Morgan fingerprint density at radius 3 is 2.50 bits per heavy atom. The van der Waals surface area contributed by atoms with Gasteiger partial charge in [-0.3, -0.25) is 0 Å². The van der Waals surface area contributed by atoms with Gasteiger partial charge in [-0.1, -0.05) is 6.07 Å². The van der Waals surface area contributed by atoms with Gasteiger partial charge in [-0.2, -0.15) is 0 Å². The molecule has 0 spiro atoms. The molecule has 6 nitrogen and oxygen atoms in total. The number of halogens is 1. The number of ether oxygens (including phenoxy) is 2. The molecule has 0 bridgehead atoms. The molecule has 0 amide bonds. The predicted octanol–water partition coefficient (Wildman–Crippen LogP) is 3.64. The van der Waals surface area contributed by atoms with E-state index in [0.717, 1.165) is 55.5 Å². The van der Waals surface area contributed by atoms with Gasteiger partial charge in [0, 0.05) is 31.7 Å². The molecular formula is C21H37IN4O2. The zero-order valence-corrected chi connectivity index (χ0v) is 20.3. The van der Waals surface area contributed by atoms with E-state index >= 15 is 0 Å². The number of nitrogens with zero attached hydrogens (tertiary/aromatic N) is 2. The molecule has 1 aromatic rings. The third-order valence-corrected chi connectivity index (χ3v) is 4.89. The first-order chi connectivity index (χ1) is 13.1. The Kier molecular flexibility index (Phi) is 11.6. The quantitative estimate of drug-likeness (QED) is 0.322. The van der Waals surface area contributed by atoms with Crippen LogP contribution >= 0.6 is 24.0 Å². The molecular weight excluding hydrogens is 467 g/mol. The second kappa shape index (κ2) is 13.1. The minimum Gasteiger partial charge on any atom is -0.493 e. The Morgan fingerprint density at radius 2 is 1.93 bits per heavy atom. The van der Waals surface area contributed by atoms with Crippen molar-refractivity contribution in [2.24, 2.45) is 4.99 Å². The van der Waals surface area contributed by atoms with Crippen LogP contribution in [0.5, 0.6) is 11.5 Å². The van der Waals surface area contributed by atoms with Gasteiger partial charge in [-0.25, -0.2) is 4.99 Å². The highest BCUT2D eigenvalue weighted by Gasteiger charge is 2.21. The lowest BCUT2D eigenvalue weighted by molar-refractivity contribution is 0.167. The number of nitrogens with one attached hydrogen (secondary N) is 2. The molecule has 1 aliphatic rings. The molecule has 160 valence electrons. The number of rotatable bonds is 8. The molecule has 1 saturated heterocycles. The second-order valence-electron chi connectivity index (χ2n) is 7.16. The molecule has 1 aromatic carbocycles. The Bertz CT molecular complexity index is 602. The van der Waals surface area contributed by atoms with Crippen LogP contribution in [0, 0.1) is 0 Å². The number of hydrogen-bond donors (Lipinski definition) is 2. The molecule has 0 unspecified atom stereocenters. The molecule has 0 aliphatic carbocycles. The molecule has 7 heteroatoms. The number of methoxy groups -OCH3 is 1. The number of hydrogen-bond acceptors (Lipinski definition) is 4. The van der Waals surface area contributed by atoms with E-state index in [1.807, 2.05) is 25.1 Å². The Hall–Kier alpha value is -1.22. The molecule has 0 atom stereocenters. The number of guanidine groups is 1. The molecule has 0 aromatic heterocycles. The SMILES string of the molecule is CCNC(=NCc1ccc(OCC)c(OC)c1)NC1CCN(C(C)C)CC1.I. The lowest BCUT2D eigenvalue weighted by Gasteiger charge is -2.35. The first-order valence-electron chi connectivity index (χ1n) is 10.2. The van der Waals surface area contributed by atoms with Crippen LogP contribution in [0.1, 0.15) is 46.1 Å². The number of piperidine rings is 1. The third kappa shape index (κ3) is 7.66. The van der Waals surface area contributed by atoms with E-state index in [1.165, 1.54) is 0 Å². The van der Waals surface area contributed by atoms with Crippen molar-refractivity contribution in [1.82, 2.24) is 15.5 Å². The van der Waals surface area contributed by atoms with Gasteiger partial charge in [0.25, 0.3) is 0 Å². The van der Waals surface area contributed by atoms with Crippen molar-refractivity contribution in [1.29, 1.82) is 0 Å². The van der Waals surface area contributed by atoms with Crippen LogP contribution < -0.4 is 20.1 Å². The number of likely N-dealkylation sites (tertiary alicyclic amines) is 1. The van der Waals surface area contributed by atoms with E-state index in [4.69, 9.17) is 14.5 Å². The molecule has 0 saturated carbocycles. The third-order valence-electron chi connectivity index (χ3n) is 4.89. The van der Waals surface area contributed by atoms with E-state index in [1.54, 1.807) is 7.11 Å². The van der Waals surface area contributed by atoms with Crippen molar-refractivity contribution in [3.05, 3.63) is 23.8 Å². The molecule has 1 fully saturated rings. The zero-order chi connectivity index (χ0) is 19.6. The maximum atomic E-state index is 5.58. The second-order valence-corrected chi connectivity index (χ2v) is 7.16. The van der Waals surface area contributed by atoms with Gasteiger partial charge in [0.15, 0.2) is 17.5 Å². The highest BCUT2D eigenvalue weighted by molar-refractivity contribution is 14.0. The van der Waals surface area contributed by atoms with Crippen molar-refractivity contribution in [3.8, 4) is 11.5 Å². The predicted molar refractivity (Wildman–Crippen MR) is 127 cm³/mol. The van der Waals surface area contributed by atoms with Gasteiger partial charge in [0.05, 0.1) is 20.3 Å². The van der Waals surface area contributed by atoms with Crippen molar-refractivity contribution in [3.63, 3.8) is 0 Å². The highest BCUT2D eigenvalue weighted by atomic mass is 127. The minimum atomic E-state index is 0. The van der Waals surface area contributed by atoms with E-state index in [9.17, 15) is 0 Å². The first-order valence-corrected chi connectivity index (χ1v) is 10.2. The summed E-state index contributed by atoms with van der Waals surface area (Å²) in [5.41, 5.74) is 1.10. The van der Waals surface area contributed by atoms with Gasteiger partial charge in [-0.05, 0) is 58.2 Å². The monoisotopic (exact) mass is 504 g/mol. The molecule has 0 radical (unpaired) electrons. The lowest BCUT2D eigenvalue weighted by Crippen LogP contribution is -2.49. The summed E-state index contributed by atoms with van der Waals surface area (Å²) in [5, 5.41) is 6.97. The fourth-order valence-electron chi connectivity index (χ4n) is 3.33. The Labute approximate surface area is 187 Å². The number of aliphatic imine (C=N–C) groups is 1. The summed E-state index contributed by atoms with van der Waals surface area (Å²) in [5.74, 6) is 2.41. The molecule has 1 heterocycles. The van der Waals surface area contributed by atoms with Crippen LogP contribution in [0.15, 0.2) is 23.2 Å². The smallest absolute Gasteiger partial charge is 0.191 e. The standard InChI is InChI=1S/C21H36N4O2.HI/c1-6-22-21(24-18-10-12-25(13-11-18)16(3)4)23-15-17-8-9-19(27-7-2)20(14-17)26-5;/h8-9,14,16,18H,6-7,10-13,15H2,1-5H3,(H2,22,23,24);1H. The largest absolute Gasteiger partial charge is 0.493 e. The molecule has 1 aliphatic heterocycles. The molecule has 2 rings (SSSR count). The summed E-state index contributed by atoms with van der Waals surface area (Å²) in [7, 11) is 1.67. The van der Waals surface area contributed by atoms with Crippen molar-refractivity contribution in [2.75, 3.05) is 33.4 Å². The maximum absolute atomic E-state index is 5.58. The average molecular weight is 504 g/mol. The summed E-state index contributed by atoms with van der Waals surface area (Å²) in [4.78, 5) is 7.30. The Morgan fingerprint density at radius 1 is 1.21 bits per heavy atom. The van der Waals surface area contributed by atoms with E-state index in [2.05, 4.69) is 36.3 Å². The van der Waals surface area contributed by atoms with Crippen LogP contribution in [0.3, 0.4) is 0 Å². The van der Waals surface area contributed by atoms with Crippen LogP contribution in [0.25, 0.3) is 0 Å². The normalized spacial score (nSPS) is 15.9. The molecule has 2 N–H and O–H groups in total. The summed E-state index contributed by atoms with van der Waals surface area (Å²) >= 11 is 0. The summed E-state index contributed by atoms with van der Waals surface area (Å²) in [6, 6.07) is 7.10. The fourth-order valence-corrected chi connectivity index (χ4v) is 3.33. The fraction of sp³-hybridized carbons (Fsp3) is 0.667. The average Bonchev–Trinajstić information content (AvgIpc) is 2.67. The van der Waals surface area contributed by atoms with Crippen LogP contribution in [0.2, 0.25) is 0 Å². The van der Waals surface area contributed by atoms with Crippen molar-refractivity contribution < 1.29 is 9.47 Å². The van der Waals surface area contributed by atoms with Gasteiger partial charge < -0.3 is 25.0 Å². The number of benzene rings is 1. The maximum Gasteiger partial charge on any atom is 0.191 e. The minimum absolute atomic E-state index is 0. The summed E-state index contributed by atoms with van der Waals surface area (Å²) in [6.45, 7) is 13.0. The van der Waals surface area contributed by atoms with E-state index in [0.29, 0.717) is 25.2 Å². The van der Waals surface area contributed by atoms with E-state index in [-0.39, 0.29) is 24.0 Å². The highest BCUT2D eigenvalue weighted by Crippen LogP contribution is 2.28. The van der Waals surface area contributed by atoms with Gasteiger partial charge in [0.1, 0.15) is 0 Å². The summed E-state index contributed by atoms with van der Waals surface area (Å²) < 4.78 is 11.0. The van der Waals surface area contributed by atoms with Gasteiger partial charge >= 0.3 is 0 Å². The summed E-state index contributed by atoms with van der Waals surface area (Å²) in [6.07, 6.45) is 2.30. The molecule has 28 heavy (non-hydrogen) atoms. The van der Waals surface area contributed by atoms with Crippen LogP contribution in [-0.4, -0.2) is 56.3 Å².